The molecule has 0 aliphatic carbocycles. The van der Waals surface area contributed by atoms with E-state index in [0.717, 1.165) is 50.4 Å². The van der Waals surface area contributed by atoms with Crippen molar-refractivity contribution in [3.05, 3.63) is 77.4 Å². The number of benzene rings is 2. The van der Waals surface area contributed by atoms with Gasteiger partial charge in [-0.15, -0.1) is 0 Å². The fraction of sp³-hybridized carbons (Fsp3) is 0.333. The Balaban J connectivity index is 1.22. The Morgan fingerprint density at radius 1 is 1.03 bits per heavy atom. The number of carbonyl (C=O) groups excluding carboxylic acids is 1. The molecule has 2 aliphatic rings. The minimum absolute atomic E-state index is 0.228. The molecule has 0 saturated carbocycles. The van der Waals surface area contributed by atoms with Gasteiger partial charge in [-0.3, -0.25) is 9.69 Å². The van der Waals surface area contributed by atoms with E-state index in [4.69, 9.17) is 0 Å². The number of hydrogen-bond donors (Lipinski definition) is 0. The van der Waals surface area contributed by atoms with Crippen LogP contribution in [-0.4, -0.2) is 40.0 Å². The molecule has 5 rings (SSSR count). The molecule has 148 valence electrons. The van der Waals surface area contributed by atoms with Gasteiger partial charge in [-0.2, -0.15) is 0 Å². The number of fused-ring (bicyclic) bond motifs is 2. The minimum atomic E-state index is 0.228. The lowest BCUT2D eigenvalue weighted by Gasteiger charge is -2.27. The van der Waals surface area contributed by atoms with Crippen LogP contribution in [0.5, 0.6) is 0 Å². The van der Waals surface area contributed by atoms with Crippen LogP contribution in [0.15, 0.2) is 54.9 Å². The van der Waals surface area contributed by atoms with Gasteiger partial charge >= 0.3 is 0 Å². The lowest BCUT2D eigenvalue weighted by atomic mass is 10.1. The summed E-state index contributed by atoms with van der Waals surface area (Å²) in [7, 11) is 0. The van der Waals surface area contributed by atoms with Crippen LogP contribution in [0.2, 0.25) is 0 Å². The number of rotatable bonds is 4. The van der Waals surface area contributed by atoms with Crippen molar-refractivity contribution in [3.8, 4) is 5.69 Å². The minimum Gasteiger partial charge on any atom is -0.312 e. The van der Waals surface area contributed by atoms with E-state index in [9.17, 15) is 4.79 Å². The van der Waals surface area contributed by atoms with E-state index in [0.29, 0.717) is 6.42 Å². The van der Waals surface area contributed by atoms with Gasteiger partial charge in [0.25, 0.3) is 0 Å². The Hall–Kier alpha value is -2.92. The first-order valence-electron chi connectivity index (χ1n) is 10.4. The zero-order chi connectivity index (χ0) is 19.8. The van der Waals surface area contributed by atoms with E-state index in [2.05, 4.69) is 57.8 Å². The van der Waals surface area contributed by atoms with Crippen LogP contribution in [0.25, 0.3) is 5.69 Å². The van der Waals surface area contributed by atoms with Crippen molar-refractivity contribution in [1.82, 2.24) is 14.5 Å². The summed E-state index contributed by atoms with van der Waals surface area (Å²) in [4.78, 5) is 21.8. The molecule has 0 spiro atoms. The van der Waals surface area contributed by atoms with E-state index in [1.165, 1.54) is 22.5 Å². The van der Waals surface area contributed by atoms with Gasteiger partial charge in [-0.25, -0.2) is 4.98 Å². The molecule has 5 nitrogen and oxygen atoms in total. The molecule has 5 heteroatoms. The quantitative estimate of drug-likeness (QED) is 0.689. The Labute approximate surface area is 171 Å². The third kappa shape index (κ3) is 3.47. The highest BCUT2D eigenvalue weighted by atomic mass is 16.2. The lowest BCUT2D eigenvalue weighted by Crippen LogP contribution is -2.36. The first-order chi connectivity index (χ1) is 14.2. The Morgan fingerprint density at radius 2 is 1.86 bits per heavy atom. The van der Waals surface area contributed by atoms with Gasteiger partial charge in [0.1, 0.15) is 0 Å². The molecule has 1 amide bonds. The number of carbonyl (C=O) groups is 1. The average Bonchev–Trinajstić information content (AvgIpc) is 3.37. The predicted molar refractivity (Wildman–Crippen MR) is 114 cm³/mol. The number of aryl methyl sites for hydroxylation is 1. The number of amides is 1. The van der Waals surface area contributed by atoms with Gasteiger partial charge in [0, 0.05) is 56.1 Å². The molecular formula is C24H26N4O. The van der Waals surface area contributed by atoms with Crippen LogP contribution in [0.1, 0.15) is 28.9 Å². The van der Waals surface area contributed by atoms with Gasteiger partial charge in [0.2, 0.25) is 5.91 Å². The SMILES string of the molecule is Cc1ccc(-n2cnc3c2CCN(CCC(=O)N2CCc4ccccc42)C3)cc1. The molecule has 0 unspecified atom stereocenters. The molecular weight excluding hydrogens is 360 g/mol. The van der Waals surface area contributed by atoms with Crippen molar-refractivity contribution < 1.29 is 4.79 Å². The van der Waals surface area contributed by atoms with E-state index in [-0.39, 0.29) is 5.91 Å². The number of imidazole rings is 1. The normalized spacial score (nSPS) is 16.0. The van der Waals surface area contributed by atoms with Crippen molar-refractivity contribution in [1.29, 1.82) is 0 Å². The van der Waals surface area contributed by atoms with Crippen LogP contribution in [0.3, 0.4) is 0 Å². The molecule has 0 atom stereocenters. The zero-order valence-electron chi connectivity index (χ0n) is 16.8. The summed E-state index contributed by atoms with van der Waals surface area (Å²) in [6, 6.07) is 16.8. The van der Waals surface area contributed by atoms with Crippen molar-refractivity contribution in [2.24, 2.45) is 0 Å². The van der Waals surface area contributed by atoms with E-state index < -0.39 is 0 Å². The number of nitrogens with zero attached hydrogens (tertiary/aromatic N) is 4. The Bertz CT molecular complexity index is 1040. The second kappa shape index (κ2) is 7.48. The second-order valence-corrected chi connectivity index (χ2v) is 8.04. The van der Waals surface area contributed by atoms with E-state index in [1.54, 1.807) is 0 Å². The van der Waals surface area contributed by atoms with Crippen LogP contribution in [0.4, 0.5) is 5.69 Å². The molecule has 29 heavy (non-hydrogen) atoms. The number of hydrogen-bond acceptors (Lipinski definition) is 3. The summed E-state index contributed by atoms with van der Waals surface area (Å²) in [5.41, 5.74) is 7.24. The predicted octanol–water partition coefficient (Wildman–Crippen LogP) is 3.52. The Morgan fingerprint density at radius 3 is 2.72 bits per heavy atom. The number of aromatic nitrogens is 2. The molecule has 2 aliphatic heterocycles. The third-order valence-electron chi connectivity index (χ3n) is 6.13. The summed E-state index contributed by atoms with van der Waals surface area (Å²) in [6.45, 7) is 5.48. The van der Waals surface area contributed by atoms with Crippen molar-refractivity contribution in [2.75, 3.05) is 24.5 Å². The summed E-state index contributed by atoms with van der Waals surface area (Å²) in [5.74, 6) is 0.228. The van der Waals surface area contributed by atoms with Gasteiger partial charge in [-0.1, -0.05) is 35.9 Å². The zero-order valence-corrected chi connectivity index (χ0v) is 16.8. The molecule has 0 radical (unpaired) electrons. The van der Waals surface area contributed by atoms with E-state index in [1.807, 2.05) is 23.4 Å². The van der Waals surface area contributed by atoms with Crippen LogP contribution in [-0.2, 0) is 24.2 Å². The first-order valence-corrected chi connectivity index (χ1v) is 10.4. The summed E-state index contributed by atoms with van der Waals surface area (Å²) in [6.07, 6.45) is 4.42. The van der Waals surface area contributed by atoms with Gasteiger partial charge < -0.3 is 9.47 Å². The molecule has 3 heterocycles. The Kier molecular flexibility index (Phi) is 4.68. The molecule has 0 fully saturated rings. The summed E-state index contributed by atoms with van der Waals surface area (Å²) >= 11 is 0. The topological polar surface area (TPSA) is 41.4 Å². The van der Waals surface area contributed by atoms with Gasteiger partial charge in [-0.05, 0) is 37.1 Å². The largest absolute Gasteiger partial charge is 0.312 e. The van der Waals surface area contributed by atoms with Crippen molar-refractivity contribution >= 4 is 11.6 Å². The van der Waals surface area contributed by atoms with Crippen LogP contribution < -0.4 is 4.90 Å². The van der Waals surface area contributed by atoms with Crippen LogP contribution >= 0.6 is 0 Å². The number of para-hydroxylation sites is 1. The maximum atomic E-state index is 12.8. The molecule has 0 bridgehead atoms. The second-order valence-electron chi connectivity index (χ2n) is 8.04. The molecule has 0 N–H and O–H groups in total. The van der Waals surface area contributed by atoms with E-state index >= 15 is 0 Å². The fourth-order valence-corrected chi connectivity index (χ4v) is 4.47. The molecule has 0 saturated heterocycles. The standard InChI is InChI=1S/C24H26N4O/c1-18-6-8-20(9-7-18)28-17-25-21-16-26(13-11-23(21)28)14-12-24(29)27-15-10-19-4-2-3-5-22(19)27/h2-9,17H,10-16H2,1H3. The van der Waals surface area contributed by atoms with Crippen LogP contribution in [0, 0.1) is 6.92 Å². The monoisotopic (exact) mass is 386 g/mol. The average molecular weight is 386 g/mol. The van der Waals surface area contributed by atoms with Crippen molar-refractivity contribution in [2.45, 2.75) is 32.7 Å². The first kappa shape index (κ1) is 18.1. The summed E-state index contributed by atoms with van der Waals surface area (Å²) < 4.78 is 2.21. The van der Waals surface area contributed by atoms with Gasteiger partial charge in [0.15, 0.2) is 0 Å². The maximum absolute atomic E-state index is 12.8. The highest BCUT2D eigenvalue weighted by Gasteiger charge is 2.26. The summed E-state index contributed by atoms with van der Waals surface area (Å²) in [5, 5.41) is 0. The lowest BCUT2D eigenvalue weighted by molar-refractivity contribution is -0.118. The highest BCUT2D eigenvalue weighted by molar-refractivity contribution is 5.95. The number of anilines is 1. The van der Waals surface area contributed by atoms with Gasteiger partial charge in [0.05, 0.1) is 12.0 Å². The fourth-order valence-electron chi connectivity index (χ4n) is 4.47. The molecule has 2 aromatic carbocycles. The van der Waals surface area contributed by atoms with Crippen molar-refractivity contribution in [3.63, 3.8) is 0 Å². The highest BCUT2D eigenvalue weighted by Crippen LogP contribution is 2.28. The third-order valence-corrected chi connectivity index (χ3v) is 6.13. The maximum Gasteiger partial charge on any atom is 0.228 e. The molecule has 1 aromatic heterocycles. The smallest absolute Gasteiger partial charge is 0.228 e. The molecule has 3 aromatic rings.